The number of morpholine rings is 1. The quantitative estimate of drug-likeness (QED) is 0.559. The lowest BCUT2D eigenvalue weighted by Crippen LogP contribution is -2.41. The number of halogens is 1. The Morgan fingerprint density at radius 2 is 1.97 bits per heavy atom. The van der Waals surface area contributed by atoms with Crippen LogP contribution in [0.3, 0.4) is 0 Å². The van der Waals surface area contributed by atoms with E-state index in [2.05, 4.69) is 4.90 Å². The summed E-state index contributed by atoms with van der Waals surface area (Å²) in [6.07, 6.45) is 1.73. The molecule has 7 nitrogen and oxygen atoms in total. The summed E-state index contributed by atoms with van der Waals surface area (Å²) in [4.78, 5) is 31.9. The summed E-state index contributed by atoms with van der Waals surface area (Å²) in [6.45, 7) is 4.55. The molecule has 2 fully saturated rings. The van der Waals surface area contributed by atoms with Crippen LogP contribution in [-0.2, 0) is 4.74 Å². The highest BCUT2D eigenvalue weighted by molar-refractivity contribution is 5.98. The summed E-state index contributed by atoms with van der Waals surface area (Å²) >= 11 is 0. The first-order chi connectivity index (χ1) is 16.8. The van der Waals surface area contributed by atoms with Gasteiger partial charge in [0.1, 0.15) is 11.4 Å². The van der Waals surface area contributed by atoms with Crippen LogP contribution in [0, 0.1) is 5.82 Å². The van der Waals surface area contributed by atoms with E-state index < -0.39 is 0 Å². The fraction of sp³-hybridized carbons (Fsp3) is 0.407. The third-order valence-corrected chi connectivity index (χ3v) is 6.80. The molecule has 3 aromatic rings. The molecule has 0 spiro atoms. The molecule has 2 aliphatic rings. The van der Waals surface area contributed by atoms with Gasteiger partial charge in [-0.1, -0.05) is 6.07 Å². The maximum atomic E-state index is 14.1. The zero-order valence-corrected chi connectivity index (χ0v) is 20.3. The minimum Gasteiger partial charge on any atom is -0.440 e. The van der Waals surface area contributed by atoms with Crippen molar-refractivity contribution in [1.29, 1.82) is 0 Å². The van der Waals surface area contributed by atoms with Crippen molar-refractivity contribution in [3.05, 3.63) is 69.6 Å². The topological polar surface area (TPSA) is 66.2 Å². The highest BCUT2D eigenvalue weighted by Crippen LogP contribution is 2.40. The standard InChI is InChI=1S/C27H30FN3O4/c1-17-16-30(10-11-34-17)25-15-24(32)22-13-18(27(33)29(2)3)12-21(26(22)35-25)23-8-5-9-31(23)20-7-4-6-19(28)14-20/h4,6-7,12-15,17,23H,5,8-11,16H2,1-3H3. The summed E-state index contributed by atoms with van der Waals surface area (Å²) < 4.78 is 26.1. The molecule has 8 heteroatoms. The van der Waals surface area contributed by atoms with Gasteiger partial charge in [0, 0.05) is 56.6 Å². The number of benzene rings is 2. The van der Waals surface area contributed by atoms with Crippen molar-refractivity contribution in [3.63, 3.8) is 0 Å². The maximum Gasteiger partial charge on any atom is 0.253 e. The van der Waals surface area contributed by atoms with Gasteiger partial charge in [0.15, 0.2) is 11.3 Å². The Morgan fingerprint density at radius 3 is 2.71 bits per heavy atom. The largest absolute Gasteiger partial charge is 0.440 e. The summed E-state index contributed by atoms with van der Waals surface area (Å²) in [5.41, 5.74) is 2.27. The molecule has 1 aromatic heterocycles. The summed E-state index contributed by atoms with van der Waals surface area (Å²) in [6, 6.07) is 11.3. The second-order valence-corrected chi connectivity index (χ2v) is 9.55. The van der Waals surface area contributed by atoms with Crippen LogP contribution in [-0.4, -0.2) is 57.2 Å². The Bertz CT molecular complexity index is 1320. The van der Waals surface area contributed by atoms with Crippen molar-refractivity contribution in [1.82, 2.24) is 4.90 Å². The van der Waals surface area contributed by atoms with Crippen LogP contribution in [0.4, 0.5) is 16.0 Å². The van der Waals surface area contributed by atoms with E-state index in [-0.39, 0.29) is 29.3 Å². The van der Waals surface area contributed by atoms with Crippen LogP contribution >= 0.6 is 0 Å². The monoisotopic (exact) mass is 479 g/mol. The lowest BCUT2D eigenvalue weighted by molar-refractivity contribution is 0.0517. The predicted molar refractivity (Wildman–Crippen MR) is 134 cm³/mol. The second-order valence-electron chi connectivity index (χ2n) is 9.55. The fourth-order valence-electron chi connectivity index (χ4n) is 5.13. The van der Waals surface area contributed by atoms with Crippen LogP contribution < -0.4 is 15.2 Å². The van der Waals surface area contributed by atoms with Gasteiger partial charge >= 0.3 is 0 Å². The first-order valence-electron chi connectivity index (χ1n) is 12.0. The summed E-state index contributed by atoms with van der Waals surface area (Å²) in [5, 5.41) is 0.379. The van der Waals surface area contributed by atoms with Crippen LogP contribution in [0.2, 0.25) is 0 Å². The summed E-state index contributed by atoms with van der Waals surface area (Å²) in [7, 11) is 3.37. The van der Waals surface area contributed by atoms with Crippen molar-refractivity contribution in [2.75, 3.05) is 50.1 Å². The molecule has 0 aliphatic carbocycles. The van der Waals surface area contributed by atoms with Crippen molar-refractivity contribution in [2.24, 2.45) is 0 Å². The van der Waals surface area contributed by atoms with Crippen molar-refractivity contribution >= 4 is 28.4 Å². The average Bonchev–Trinajstić information content (AvgIpc) is 3.33. The average molecular weight is 480 g/mol. The number of carbonyl (C=O) groups is 1. The van der Waals surface area contributed by atoms with E-state index in [0.29, 0.717) is 42.1 Å². The normalized spacial score (nSPS) is 20.5. The van der Waals surface area contributed by atoms with Gasteiger partial charge in [0.25, 0.3) is 5.91 Å². The minimum atomic E-state index is -0.301. The number of amides is 1. The van der Waals surface area contributed by atoms with Gasteiger partial charge in [-0.25, -0.2) is 4.39 Å². The molecule has 0 radical (unpaired) electrons. The van der Waals surface area contributed by atoms with Gasteiger partial charge in [0.2, 0.25) is 0 Å². The predicted octanol–water partition coefficient (Wildman–Crippen LogP) is 4.20. The first kappa shape index (κ1) is 23.4. The number of anilines is 2. The molecule has 1 amide bonds. The number of hydrogen-bond acceptors (Lipinski definition) is 6. The second kappa shape index (κ2) is 9.34. The molecule has 2 saturated heterocycles. The number of hydrogen-bond donors (Lipinski definition) is 0. The van der Waals surface area contributed by atoms with Crippen LogP contribution in [0.15, 0.2) is 51.7 Å². The van der Waals surface area contributed by atoms with Crippen molar-refractivity contribution in [3.8, 4) is 0 Å². The Balaban J connectivity index is 1.68. The van der Waals surface area contributed by atoms with E-state index in [1.807, 2.05) is 24.0 Å². The van der Waals surface area contributed by atoms with E-state index in [0.717, 1.165) is 30.6 Å². The van der Waals surface area contributed by atoms with E-state index in [1.54, 1.807) is 26.2 Å². The highest BCUT2D eigenvalue weighted by Gasteiger charge is 2.31. The molecule has 3 heterocycles. The molecule has 2 aliphatic heterocycles. The molecule has 2 aromatic carbocycles. The number of fused-ring (bicyclic) bond motifs is 1. The Morgan fingerprint density at radius 1 is 1.14 bits per heavy atom. The lowest BCUT2D eigenvalue weighted by atomic mass is 9.97. The van der Waals surface area contributed by atoms with E-state index in [9.17, 15) is 14.0 Å². The third-order valence-electron chi connectivity index (χ3n) is 6.80. The Labute approximate surface area is 203 Å². The molecule has 35 heavy (non-hydrogen) atoms. The smallest absolute Gasteiger partial charge is 0.253 e. The lowest BCUT2D eigenvalue weighted by Gasteiger charge is -2.32. The van der Waals surface area contributed by atoms with Gasteiger partial charge in [-0.3, -0.25) is 9.59 Å². The molecule has 0 saturated carbocycles. The maximum absolute atomic E-state index is 14.1. The van der Waals surface area contributed by atoms with Crippen molar-refractivity contribution < 1.29 is 18.3 Å². The Hall–Kier alpha value is -3.39. The zero-order valence-electron chi connectivity index (χ0n) is 20.3. The molecule has 2 unspecified atom stereocenters. The number of nitrogens with zero attached hydrogens (tertiary/aromatic N) is 3. The number of rotatable bonds is 4. The molecule has 5 rings (SSSR count). The van der Waals surface area contributed by atoms with E-state index in [4.69, 9.17) is 9.15 Å². The van der Waals surface area contributed by atoms with Gasteiger partial charge in [-0.2, -0.15) is 0 Å². The molecular formula is C27H30FN3O4. The Kier molecular flexibility index (Phi) is 6.23. The molecule has 0 bridgehead atoms. The zero-order chi connectivity index (χ0) is 24.7. The van der Waals surface area contributed by atoms with Crippen molar-refractivity contribution in [2.45, 2.75) is 31.9 Å². The summed E-state index contributed by atoms with van der Waals surface area (Å²) in [5.74, 6) is 0.0135. The fourth-order valence-corrected chi connectivity index (χ4v) is 5.13. The van der Waals surface area contributed by atoms with Crippen LogP contribution in [0.5, 0.6) is 0 Å². The minimum absolute atomic E-state index is 0.0302. The molecule has 0 N–H and O–H groups in total. The van der Waals surface area contributed by atoms with Crippen LogP contribution in [0.1, 0.15) is 41.7 Å². The van der Waals surface area contributed by atoms with Gasteiger partial charge in [-0.05, 0) is 50.1 Å². The highest BCUT2D eigenvalue weighted by atomic mass is 19.1. The van der Waals surface area contributed by atoms with Crippen LogP contribution in [0.25, 0.3) is 11.0 Å². The SMILES string of the molecule is CC1CN(c2cc(=O)c3cc(C(=O)N(C)C)cc(C4CCCN4c4cccc(F)c4)c3o2)CCO1. The van der Waals surface area contributed by atoms with Gasteiger partial charge < -0.3 is 23.9 Å². The van der Waals surface area contributed by atoms with Gasteiger partial charge in [-0.15, -0.1) is 0 Å². The molecule has 184 valence electrons. The van der Waals surface area contributed by atoms with Gasteiger partial charge in [0.05, 0.1) is 24.1 Å². The van der Waals surface area contributed by atoms with E-state index >= 15 is 0 Å². The third kappa shape index (κ3) is 4.50. The number of carbonyl (C=O) groups excluding carboxylic acids is 1. The van der Waals surface area contributed by atoms with E-state index in [1.165, 1.54) is 23.1 Å². The molecule has 2 atom stereocenters. The first-order valence-corrected chi connectivity index (χ1v) is 12.0. The molecular weight excluding hydrogens is 449 g/mol. The number of ether oxygens (including phenoxy) is 1.